The van der Waals surface area contributed by atoms with E-state index in [1.165, 1.54) is 25.3 Å². The van der Waals surface area contributed by atoms with E-state index >= 15 is 0 Å². The number of anilines is 1. The molecule has 0 fully saturated rings. The van der Waals surface area contributed by atoms with Gasteiger partial charge >= 0.3 is 0 Å². The average molecular weight is 281 g/mol. The number of nitro groups is 1. The van der Waals surface area contributed by atoms with Gasteiger partial charge in [-0.2, -0.15) is 0 Å². The molecule has 0 aliphatic carbocycles. The molecular weight excluding hydrogens is 262 g/mol. The maximum atomic E-state index is 12.0. The molecule has 1 rings (SSSR count). The smallest absolute Gasteiger partial charge is 0.273 e. The number of hydrogen-bond acceptors (Lipinski definition) is 5. The first-order chi connectivity index (χ1) is 9.40. The van der Waals surface area contributed by atoms with E-state index in [0.717, 1.165) is 6.42 Å². The first kappa shape index (κ1) is 15.9. The number of non-ortho nitro benzene ring substituents is 1. The highest BCUT2D eigenvalue weighted by molar-refractivity contribution is 5.96. The van der Waals surface area contributed by atoms with Crippen molar-refractivity contribution in [1.82, 2.24) is 0 Å². The van der Waals surface area contributed by atoms with Crippen molar-refractivity contribution in [2.75, 3.05) is 12.4 Å². The molecule has 0 saturated heterocycles. The predicted octanol–water partition coefficient (Wildman–Crippen LogP) is 1.92. The van der Waals surface area contributed by atoms with Gasteiger partial charge in [0.25, 0.3) is 5.69 Å². The fraction of sp³-hybridized carbons (Fsp3) is 0.462. The van der Waals surface area contributed by atoms with E-state index < -0.39 is 11.0 Å². The molecule has 7 heteroatoms. The fourth-order valence-corrected chi connectivity index (χ4v) is 1.63. The summed E-state index contributed by atoms with van der Waals surface area (Å²) in [6.45, 7) is 3.83. The van der Waals surface area contributed by atoms with Gasteiger partial charge in [-0.05, 0) is 12.0 Å². The summed E-state index contributed by atoms with van der Waals surface area (Å²) < 4.78 is 5.04. The molecule has 110 valence electrons. The van der Waals surface area contributed by atoms with Crippen LogP contribution in [0.2, 0.25) is 0 Å². The Morgan fingerprint density at radius 1 is 1.55 bits per heavy atom. The van der Waals surface area contributed by atoms with Crippen molar-refractivity contribution in [3.8, 4) is 5.75 Å². The minimum Gasteiger partial charge on any atom is -0.494 e. The van der Waals surface area contributed by atoms with Crippen molar-refractivity contribution in [2.45, 2.75) is 26.3 Å². The monoisotopic (exact) mass is 281 g/mol. The van der Waals surface area contributed by atoms with Gasteiger partial charge in [0.05, 0.1) is 29.8 Å². The molecule has 0 aliphatic rings. The molecule has 1 aromatic carbocycles. The quantitative estimate of drug-likeness (QED) is 0.611. The van der Waals surface area contributed by atoms with E-state index in [2.05, 4.69) is 5.32 Å². The van der Waals surface area contributed by atoms with E-state index in [1.54, 1.807) is 0 Å². The minimum atomic E-state index is -0.639. The predicted molar refractivity (Wildman–Crippen MR) is 75.7 cm³/mol. The molecule has 1 amide bonds. The summed E-state index contributed by atoms with van der Waals surface area (Å²) in [5.74, 6) is -0.0746. The third-order valence-corrected chi connectivity index (χ3v) is 3.21. The van der Waals surface area contributed by atoms with Crippen LogP contribution in [0.4, 0.5) is 11.4 Å². The lowest BCUT2D eigenvalue weighted by Crippen LogP contribution is -2.40. The highest BCUT2D eigenvalue weighted by Crippen LogP contribution is 2.29. The molecule has 0 spiro atoms. The number of carbonyl (C=O) groups excluding carboxylic acids is 1. The molecule has 0 bridgehead atoms. The van der Waals surface area contributed by atoms with Crippen molar-refractivity contribution < 1.29 is 14.5 Å². The van der Waals surface area contributed by atoms with Crippen LogP contribution in [0.1, 0.15) is 20.3 Å². The van der Waals surface area contributed by atoms with Crippen molar-refractivity contribution in [3.63, 3.8) is 0 Å². The Morgan fingerprint density at radius 3 is 2.70 bits per heavy atom. The van der Waals surface area contributed by atoms with Gasteiger partial charge in [0, 0.05) is 6.07 Å². The van der Waals surface area contributed by atoms with Crippen LogP contribution in [0.25, 0.3) is 0 Å². The number of ether oxygens (including phenoxy) is 1. The maximum Gasteiger partial charge on any atom is 0.273 e. The molecule has 2 atom stereocenters. The zero-order chi connectivity index (χ0) is 15.3. The Labute approximate surface area is 117 Å². The SMILES string of the molecule is CC[C@H](C)[C@H](N)C(=O)Nc1ccc([N+](=O)[O-])cc1OC. The van der Waals surface area contributed by atoms with E-state index in [9.17, 15) is 14.9 Å². The second kappa shape index (κ2) is 6.85. The summed E-state index contributed by atoms with van der Waals surface area (Å²) in [6.07, 6.45) is 0.784. The molecule has 0 radical (unpaired) electrons. The fourth-order valence-electron chi connectivity index (χ4n) is 1.63. The summed E-state index contributed by atoms with van der Waals surface area (Å²) >= 11 is 0. The van der Waals surface area contributed by atoms with Crippen LogP contribution in [0.3, 0.4) is 0 Å². The number of nitro benzene ring substituents is 1. The largest absolute Gasteiger partial charge is 0.494 e. The van der Waals surface area contributed by atoms with Crippen molar-refractivity contribution in [3.05, 3.63) is 28.3 Å². The summed E-state index contributed by atoms with van der Waals surface area (Å²) in [5, 5.41) is 13.3. The topological polar surface area (TPSA) is 107 Å². The van der Waals surface area contributed by atoms with Crippen LogP contribution in [0.15, 0.2) is 18.2 Å². The van der Waals surface area contributed by atoms with Crippen LogP contribution in [0, 0.1) is 16.0 Å². The van der Waals surface area contributed by atoms with Crippen LogP contribution >= 0.6 is 0 Å². The maximum absolute atomic E-state index is 12.0. The number of carbonyl (C=O) groups is 1. The number of amides is 1. The molecule has 0 aliphatic heterocycles. The first-order valence-corrected chi connectivity index (χ1v) is 6.29. The van der Waals surface area contributed by atoms with Gasteiger partial charge in [0.2, 0.25) is 5.91 Å². The Hall–Kier alpha value is -2.15. The third-order valence-electron chi connectivity index (χ3n) is 3.21. The van der Waals surface area contributed by atoms with Gasteiger partial charge in [-0.3, -0.25) is 14.9 Å². The molecule has 0 aromatic heterocycles. The van der Waals surface area contributed by atoms with Gasteiger partial charge < -0.3 is 15.8 Å². The molecular formula is C13H19N3O4. The Balaban J connectivity index is 2.92. The molecule has 0 heterocycles. The lowest BCUT2D eigenvalue weighted by molar-refractivity contribution is -0.384. The highest BCUT2D eigenvalue weighted by atomic mass is 16.6. The standard InChI is InChI=1S/C13H19N3O4/c1-4-8(2)12(14)13(17)15-10-6-5-9(16(18)19)7-11(10)20-3/h5-8,12H,4,14H2,1-3H3,(H,15,17)/t8-,12-/m0/s1. The van der Waals surface area contributed by atoms with Crippen molar-refractivity contribution >= 4 is 17.3 Å². The molecule has 7 nitrogen and oxygen atoms in total. The van der Waals surface area contributed by atoms with Gasteiger partial charge in [-0.1, -0.05) is 20.3 Å². The van der Waals surface area contributed by atoms with Crippen LogP contribution in [-0.2, 0) is 4.79 Å². The van der Waals surface area contributed by atoms with Gasteiger partial charge in [0.15, 0.2) is 0 Å². The number of hydrogen-bond donors (Lipinski definition) is 2. The number of benzene rings is 1. The average Bonchev–Trinajstić information content (AvgIpc) is 2.45. The number of rotatable bonds is 6. The number of nitrogens with two attached hydrogens (primary N) is 1. The van der Waals surface area contributed by atoms with Gasteiger partial charge in [-0.15, -0.1) is 0 Å². The zero-order valence-electron chi connectivity index (χ0n) is 11.8. The number of nitrogens with one attached hydrogen (secondary N) is 1. The van der Waals surface area contributed by atoms with Crippen LogP contribution in [-0.4, -0.2) is 24.0 Å². The lowest BCUT2D eigenvalue weighted by atomic mass is 9.99. The normalized spacial score (nSPS) is 13.4. The summed E-state index contributed by atoms with van der Waals surface area (Å²) in [7, 11) is 1.38. The zero-order valence-corrected chi connectivity index (χ0v) is 11.8. The summed E-state index contributed by atoms with van der Waals surface area (Å²) in [6, 6.07) is 3.34. The Kier molecular flexibility index (Phi) is 5.45. The van der Waals surface area contributed by atoms with Crippen molar-refractivity contribution in [2.24, 2.45) is 11.7 Å². The number of nitrogens with zero attached hydrogens (tertiary/aromatic N) is 1. The van der Waals surface area contributed by atoms with Crippen LogP contribution in [0.5, 0.6) is 5.75 Å². The molecule has 0 saturated carbocycles. The van der Waals surface area contributed by atoms with E-state index in [4.69, 9.17) is 10.5 Å². The third kappa shape index (κ3) is 3.67. The van der Waals surface area contributed by atoms with Gasteiger partial charge in [-0.25, -0.2) is 0 Å². The highest BCUT2D eigenvalue weighted by Gasteiger charge is 2.21. The minimum absolute atomic E-state index is 0.0408. The first-order valence-electron chi connectivity index (χ1n) is 6.29. The molecule has 20 heavy (non-hydrogen) atoms. The van der Waals surface area contributed by atoms with E-state index in [0.29, 0.717) is 5.69 Å². The molecule has 1 aromatic rings. The Morgan fingerprint density at radius 2 is 2.20 bits per heavy atom. The van der Waals surface area contributed by atoms with E-state index in [-0.39, 0.29) is 23.3 Å². The summed E-state index contributed by atoms with van der Waals surface area (Å²) in [4.78, 5) is 22.1. The van der Waals surface area contributed by atoms with E-state index in [1.807, 2.05) is 13.8 Å². The summed E-state index contributed by atoms with van der Waals surface area (Å²) in [5.41, 5.74) is 6.09. The second-order valence-electron chi connectivity index (χ2n) is 4.54. The van der Waals surface area contributed by atoms with Crippen molar-refractivity contribution in [1.29, 1.82) is 0 Å². The molecule has 0 unspecified atom stereocenters. The van der Waals surface area contributed by atoms with Gasteiger partial charge in [0.1, 0.15) is 5.75 Å². The lowest BCUT2D eigenvalue weighted by Gasteiger charge is -2.18. The molecule has 3 N–H and O–H groups in total. The second-order valence-corrected chi connectivity index (χ2v) is 4.54. The Bertz CT molecular complexity index is 504. The van der Waals surface area contributed by atoms with Crippen LogP contribution < -0.4 is 15.8 Å². The number of methoxy groups -OCH3 is 1.